The summed E-state index contributed by atoms with van der Waals surface area (Å²) in [4.78, 5) is 11.4. The molecule has 0 bridgehead atoms. The highest BCUT2D eigenvalue weighted by Gasteiger charge is 2.39. The molecule has 0 heterocycles. The average molecular weight is 336 g/mol. The summed E-state index contributed by atoms with van der Waals surface area (Å²) in [5.74, 6) is -0.298. The predicted molar refractivity (Wildman–Crippen MR) is 67.5 cm³/mol. The highest BCUT2D eigenvalue weighted by atomic mass is 79.9. The summed E-state index contributed by atoms with van der Waals surface area (Å²) in [6, 6.07) is 9.73. The second-order valence-corrected chi connectivity index (χ2v) is 5.90. The monoisotopic (exact) mass is 334 g/mol. The summed E-state index contributed by atoms with van der Waals surface area (Å²) in [5, 5.41) is 0. The number of ether oxygens (including phenoxy) is 1. The molecular formula is C11H12Br2O2. The molecule has 0 radical (unpaired) electrons. The fourth-order valence-electron chi connectivity index (χ4n) is 1.24. The number of hydrogen-bond acceptors (Lipinski definition) is 2. The van der Waals surface area contributed by atoms with Gasteiger partial charge in [0.15, 0.2) is 0 Å². The van der Waals surface area contributed by atoms with E-state index in [2.05, 4.69) is 31.9 Å². The molecule has 0 fully saturated rings. The smallest absolute Gasteiger partial charge is 0.323 e. The van der Waals surface area contributed by atoms with Crippen LogP contribution in [-0.2, 0) is 9.53 Å². The third kappa shape index (κ3) is 2.82. The summed E-state index contributed by atoms with van der Waals surface area (Å²) >= 11 is 6.89. The van der Waals surface area contributed by atoms with Crippen LogP contribution in [0, 0.1) is 0 Å². The molecule has 1 aromatic rings. The van der Waals surface area contributed by atoms with E-state index in [9.17, 15) is 4.79 Å². The number of esters is 1. The van der Waals surface area contributed by atoms with Gasteiger partial charge in [0.1, 0.15) is 4.32 Å². The van der Waals surface area contributed by atoms with Crippen LogP contribution in [-0.4, -0.2) is 17.4 Å². The van der Waals surface area contributed by atoms with Gasteiger partial charge in [-0.05, 0) is 12.5 Å². The topological polar surface area (TPSA) is 26.3 Å². The fourth-order valence-corrected chi connectivity index (χ4v) is 2.16. The molecule has 82 valence electrons. The van der Waals surface area contributed by atoms with Crippen molar-refractivity contribution in [3.8, 4) is 0 Å². The van der Waals surface area contributed by atoms with E-state index in [1.54, 1.807) is 6.92 Å². The predicted octanol–water partition coefficient (Wildman–Crippen LogP) is 3.45. The molecule has 2 atom stereocenters. The Morgan fingerprint density at radius 3 is 2.40 bits per heavy atom. The molecule has 0 amide bonds. The molecule has 0 aliphatic rings. The van der Waals surface area contributed by atoms with Gasteiger partial charge in [0.25, 0.3) is 0 Å². The molecule has 0 saturated heterocycles. The summed E-state index contributed by atoms with van der Waals surface area (Å²) in [7, 11) is 1.38. The highest BCUT2D eigenvalue weighted by Crippen LogP contribution is 2.41. The Bertz CT molecular complexity index is 336. The molecule has 4 heteroatoms. The van der Waals surface area contributed by atoms with Crippen LogP contribution < -0.4 is 0 Å². The number of carbonyl (C=O) groups is 1. The standard InChI is InChI=1S/C11H12Br2O2/c1-11(13,10(14)15-2)9(12)8-6-4-3-5-7-8/h3-7,9H,1-2H3/t9-,11-/m0/s1. The third-order valence-corrected chi connectivity index (χ3v) is 4.99. The van der Waals surface area contributed by atoms with Crippen molar-refractivity contribution in [1.82, 2.24) is 0 Å². The van der Waals surface area contributed by atoms with Crippen LogP contribution in [0.2, 0.25) is 0 Å². The van der Waals surface area contributed by atoms with E-state index in [4.69, 9.17) is 4.74 Å². The number of methoxy groups -OCH3 is 1. The van der Waals surface area contributed by atoms with Gasteiger partial charge in [0.05, 0.1) is 11.9 Å². The van der Waals surface area contributed by atoms with E-state index in [-0.39, 0.29) is 10.8 Å². The first-order chi connectivity index (χ1) is 7.00. The largest absolute Gasteiger partial charge is 0.468 e. The molecule has 0 unspecified atom stereocenters. The van der Waals surface area contributed by atoms with Crippen molar-refractivity contribution in [1.29, 1.82) is 0 Å². The van der Waals surface area contributed by atoms with Gasteiger partial charge in [0.2, 0.25) is 0 Å². The normalized spacial score (nSPS) is 16.5. The lowest BCUT2D eigenvalue weighted by Gasteiger charge is -2.25. The van der Waals surface area contributed by atoms with Crippen molar-refractivity contribution >= 4 is 37.8 Å². The van der Waals surface area contributed by atoms with Crippen molar-refractivity contribution in [3.05, 3.63) is 35.9 Å². The van der Waals surface area contributed by atoms with Crippen LogP contribution in [0.4, 0.5) is 0 Å². The van der Waals surface area contributed by atoms with Gasteiger partial charge in [-0.1, -0.05) is 62.2 Å². The van der Waals surface area contributed by atoms with Gasteiger partial charge in [0, 0.05) is 0 Å². The van der Waals surface area contributed by atoms with E-state index >= 15 is 0 Å². The van der Waals surface area contributed by atoms with Crippen LogP contribution in [0.15, 0.2) is 30.3 Å². The minimum Gasteiger partial charge on any atom is -0.468 e. The second kappa shape index (κ2) is 5.12. The molecule has 0 saturated carbocycles. The maximum atomic E-state index is 11.5. The zero-order chi connectivity index (χ0) is 11.5. The molecule has 0 spiro atoms. The van der Waals surface area contributed by atoms with Gasteiger partial charge in [-0.2, -0.15) is 0 Å². The first-order valence-electron chi connectivity index (χ1n) is 4.46. The molecule has 0 N–H and O–H groups in total. The summed E-state index contributed by atoms with van der Waals surface area (Å²) < 4.78 is 3.98. The molecule has 1 rings (SSSR count). The van der Waals surface area contributed by atoms with Crippen molar-refractivity contribution in [3.63, 3.8) is 0 Å². The Hall–Kier alpha value is -0.350. The lowest BCUT2D eigenvalue weighted by molar-refractivity contribution is -0.142. The highest BCUT2D eigenvalue weighted by molar-refractivity contribution is 9.12. The maximum Gasteiger partial charge on any atom is 0.323 e. The molecule has 0 aliphatic carbocycles. The van der Waals surface area contributed by atoms with Crippen LogP contribution >= 0.6 is 31.9 Å². The van der Waals surface area contributed by atoms with E-state index < -0.39 is 4.32 Å². The number of carbonyl (C=O) groups excluding carboxylic acids is 1. The maximum absolute atomic E-state index is 11.5. The fraction of sp³-hybridized carbons (Fsp3) is 0.364. The van der Waals surface area contributed by atoms with E-state index in [0.29, 0.717) is 0 Å². The van der Waals surface area contributed by atoms with Crippen molar-refractivity contribution < 1.29 is 9.53 Å². The first-order valence-corrected chi connectivity index (χ1v) is 6.17. The Morgan fingerprint density at radius 1 is 1.40 bits per heavy atom. The van der Waals surface area contributed by atoms with Gasteiger partial charge in [-0.3, -0.25) is 4.79 Å². The molecule has 2 nitrogen and oxygen atoms in total. The number of rotatable bonds is 3. The van der Waals surface area contributed by atoms with Gasteiger partial charge < -0.3 is 4.74 Å². The van der Waals surface area contributed by atoms with Gasteiger partial charge in [-0.25, -0.2) is 0 Å². The van der Waals surface area contributed by atoms with E-state index in [0.717, 1.165) is 5.56 Å². The van der Waals surface area contributed by atoms with Crippen LogP contribution in [0.1, 0.15) is 17.3 Å². The lowest BCUT2D eigenvalue weighted by atomic mass is 10.0. The zero-order valence-electron chi connectivity index (χ0n) is 8.54. The summed E-state index contributed by atoms with van der Waals surface area (Å²) in [5.41, 5.74) is 1.03. The molecule has 1 aromatic carbocycles. The van der Waals surface area contributed by atoms with E-state index in [1.165, 1.54) is 7.11 Å². The lowest BCUT2D eigenvalue weighted by Crippen LogP contribution is -2.33. The van der Waals surface area contributed by atoms with E-state index in [1.807, 2.05) is 30.3 Å². The van der Waals surface area contributed by atoms with Gasteiger partial charge in [-0.15, -0.1) is 0 Å². The summed E-state index contributed by atoms with van der Waals surface area (Å²) in [6.07, 6.45) is 0. The van der Waals surface area contributed by atoms with Crippen molar-refractivity contribution in [2.75, 3.05) is 7.11 Å². The zero-order valence-corrected chi connectivity index (χ0v) is 11.7. The number of alkyl halides is 2. The van der Waals surface area contributed by atoms with Crippen molar-refractivity contribution in [2.45, 2.75) is 16.1 Å². The van der Waals surface area contributed by atoms with Crippen LogP contribution in [0.25, 0.3) is 0 Å². The Morgan fingerprint density at radius 2 is 1.93 bits per heavy atom. The van der Waals surface area contributed by atoms with Crippen molar-refractivity contribution in [2.24, 2.45) is 0 Å². The molecule has 0 aromatic heterocycles. The molecular weight excluding hydrogens is 324 g/mol. The Balaban J connectivity index is 2.94. The third-order valence-electron chi connectivity index (χ3n) is 2.15. The molecule has 0 aliphatic heterocycles. The quantitative estimate of drug-likeness (QED) is 0.624. The number of benzene rings is 1. The minimum atomic E-state index is -0.761. The average Bonchev–Trinajstić information content (AvgIpc) is 2.28. The van der Waals surface area contributed by atoms with Gasteiger partial charge >= 0.3 is 5.97 Å². The second-order valence-electron chi connectivity index (χ2n) is 3.34. The number of halogens is 2. The van der Waals surface area contributed by atoms with Crippen LogP contribution in [0.3, 0.4) is 0 Å². The Labute approximate surface area is 106 Å². The summed E-state index contributed by atoms with van der Waals surface area (Å²) in [6.45, 7) is 1.78. The Kier molecular flexibility index (Phi) is 4.34. The van der Waals surface area contributed by atoms with Crippen LogP contribution in [0.5, 0.6) is 0 Å². The molecule has 15 heavy (non-hydrogen) atoms. The minimum absolute atomic E-state index is 0.126. The first kappa shape index (κ1) is 12.7. The number of hydrogen-bond donors (Lipinski definition) is 0. The SMILES string of the molecule is COC(=O)[C@@](C)(Br)[C@@H](Br)c1ccccc1.